The van der Waals surface area contributed by atoms with Gasteiger partial charge in [0.1, 0.15) is 22.3 Å². The van der Waals surface area contributed by atoms with Gasteiger partial charge in [0, 0.05) is 27.5 Å². The maximum atomic E-state index is 6.10. The van der Waals surface area contributed by atoms with Crippen LogP contribution >= 0.6 is 0 Å². The van der Waals surface area contributed by atoms with E-state index in [9.17, 15) is 0 Å². The lowest BCUT2D eigenvalue weighted by atomic mass is 9.76. The third-order valence-corrected chi connectivity index (χ3v) is 14.3. The zero-order valence-corrected chi connectivity index (χ0v) is 37.9. The Bertz CT molecular complexity index is 3870. The van der Waals surface area contributed by atoms with Crippen LogP contribution < -0.4 is 0 Å². The van der Waals surface area contributed by atoms with Crippen molar-refractivity contribution in [2.75, 3.05) is 0 Å². The number of rotatable bonds is 9. The second-order valence-electron chi connectivity index (χ2n) is 18.4. The quantitative estimate of drug-likeness (QED) is 0.144. The lowest BCUT2D eigenvalue weighted by Gasteiger charge is -2.28. The summed E-state index contributed by atoms with van der Waals surface area (Å²) in [5, 5.41) is 4.59. The van der Waals surface area contributed by atoms with Gasteiger partial charge in [0.2, 0.25) is 0 Å². The highest BCUT2D eigenvalue weighted by Crippen LogP contribution is 2.41. The summed E-state index contributed by atoms with van der Waals surface area (Å²) >= 11 is 0. The fraction of sp³-hybridized carbons (Fsp3) is 0.0448. The normalized spacial score (nSPS) is 14.1. The summed E-state index contributed by atoms with van der Waals surface area (Å²) in [5.41, 5.74) is 20.9. The molecular formula is C67H46O2. The van der Waals surface area contributed by atoms with Crippen molar-refractivity contribution >= 4 is 49.5 Å². The van der Waals surface area contributed by atoms with Crippen LogP contribution in [0.4, 0.5) is 0 Å². The van der Waals surface area contributed by atoms with Gasteiger partial charge in [0.15, 0.2) is 0 Å². The van der Waals surface area contributed by atoms with Crippen LogP contribution in [0.5, 0.6) is 0 Å². The Balaban J connectivity index is 0.773. The molecule has 0 saturated carbocycles. The molecule has 0 bridgehead atoms. The minimum atomic E-state index is 0.176. The van der Waals surface area contributed by atoms with Crippen molar-refractivity contribution in [1.29, 1.82) is 0 Å². The van der Waals surface area contributed by atoms with E-state index in [1.54, 1.807) is 0 Å². The van der Waals surface area contributed by atoms with Crippen LogP contribution in [0.15, 0.2) is 264 Å². The topological polar surface area (TPSA) is 26.3 Å². The Hall–Kier alpha value is -8.72. The summed E-state index contributed by atoms with van der Waals surface area (Å²) in [7, 11) is 0. The Morgan fingerprint density at radius 3 is 1.09 bits per heavy atom. The Morgan fingerprint density at radius 1 is 0.304 bits per heavy atom. The van der Waals surface area contributed by atoms with Crippen LogP contribution in [-0.4, -0.2) is 0 Å². The molecular weight excluding hydrogens is 837 g/mol. The van der Waals surface area contributed by atoms with Crippen LogP contribution in [0.2, 0.25) is 0 Å². The second kappa shape index (κ2) is 17.2. The van der Waals surface area contributed by atoms with Crippen molar-refractivity contribution in [2.24, 2.45) is 5.92 Å². The lowest BCUT2D eigenvalue weighted by Crippen LogP contribution is -2.14. The number of allylic oxidation sites excluding steroid dienone is 4. The first-order valence-electron chi connectivity index (χ1n) is 23.9. The zero-order valence-electron chi connectivity index (χ0n) is 37.9. The van der Waals surface area contributed by atoms with Crippen molar-refractivity contribution in [2.45, 2.75) is 12.3 Å². The highest BCUT2D eigenvalue weighted by molar-refractivity contribution is 6.07. The van der Waals surface area contributed by atoms with Gasteiger partial charge in [-0.05, 0) is 127 Å². The first-order chi connectivity index (χ1) is 34.1. The molecule has 10 aromatic carbocycles. The molecule has 2 nitrogen and oxygen atoms in total. The van der Waals surface area contributed by atoms with E-state index in [1.807, 2.05) is 24.3 Å². The van der Waals surface area contributed by atoms with E-state index in [0.29, 0.717) is 0 Å². The maximum Gasteiger partial charge on any atom is 0.135 e. The van der Waals surface area contributed by atoms with Crippen LogP contribution in [0, 0.1) is 5.92 Å². The molecule has 13 rings (SSSR count). The van der Waals surface area contributed by atoms with E-state index in [1.165, 1.54) is 77.9 Å². The molecule has 2 heteroatoms. The maximum absolute atomic E-state index is 6.10. The van der Waals surface area contributed by atoms with E-state index in [-0.39, 0.29) is 11.8 Å². The van der Waals surface area contributed by atoms with E-state index in [2.05, 4.69) is 231 Å². The molecule has 2 aromatic heterocycles. The molecule has 0 N–H and O–H groups in total. The van der Waals surface area contributed by atoms with Crippen LogP contribution in [0.25, 0.3) is 105 Å². The van der Waals surface area contributed by atoms with Gasteiger partial charge in [-0.25, -0.2) is 0 Å². The molecule has 0 spiro atoms. The molecule has 2 unspecified atom stereocenters. The Kier molecular flexibility index (Phi) is 10.1. The first-order valence-corrected chi connectivity index (χ1v) is 23.9. The van der Waals surface area contributed by atoms with Gasteiger partial charge in [0.25, 0.3) is 0 Å². The minimum Gasteiger partial charge on any atom is -0.456 e. The molecule has 326 valence electrons. The van der Waals surface area contributed by atoms with Crippen molar-refractivity contribution in [1.82, 2.24) is 0 Å². The van der Waals surface area contributed by atoms with Gasteiger partial charge in [-0.15, -0.1) is 0 Å². The predicted molar refractivity (Wildman–Crippen MR) is 288 cm³/mol. The molecule has 0 aliphatic heterocycles. The summed E-state index contributed by atoms with van der Waals surface area (Å²) in [5.74, 6) is 0.463. The third kappa shape index (κ3) is 7.67. The minimum absolute atomic E-state index is 0.176. The number of hydrogen-bond donors (Lipinski definition) is 0. The van der Waals surface area contributed by atoms with Crippen LogP contribution in [0.1, 0.15) is 29.0 Å². The standard InChI is InChI=1S/C67H46O2/c1-2-8-44(9-3-1)45-14-16-46(17-15-45)49-26-32-54(33-27-49)67(55-34-28-50(29-35-55)47-18-22-52(23-19-47)57-38-40-65-61(42-57)59-10-4-6-12-63(59)68-65)56-36-30-51(31-37-56)48-20-24-53(25-21-48)58-39-41-66-62(43-58)60-11-5-7-13-64(60)69-66/h1-36,38-43,56,67H,37H2. The van der Waals surface area contributed by atoms with Gasteiger partial charge in [-0.2, -0.15) is 0 Å². The molecule has 0 fully saturated rings. The molecule has 2 heterocycles. The number of fused-ring (bicyclic) bond motifs is 6. The molecule has 12 aromatic rings. The van der Waals surface area contributed by atoms with Gasteiger partial charge >= 0.3 is 0 Å². The van der Waals surface area contributed by atoms with Crippen molar-refractivity contribution < 1.29 is 8.83 Å². The molecule has 69 heavy (non-hydrogen) atoms. The van der Waals surface area contributed by atoms with Gasteiger partial charge in [-0.1, -0.05) is 218 Å². The van der Waals surface area contributed by atoms with Crippen LogP contribution in [-0.2, 0) is 0 Å². The van der Waals surface area contributed by atoms with Gasteiger partial charge in [-0.3, -0.25) is 0 Å². The summed E-state index contributed by atoms with van der Waals surface area (Å²) in [6, 6.07) is 85.6. The highest BCUT2D eigenvalue weighted by atomic mass is 16.3. The fourth-order valence-electron chi connectivity index (χ4n) is 10.6. The van der Waals surface area contributed by atoms with Gasteiger partial charge in [0.05, 0.1) is 0 Å². The number of furan rings is 2. The van der Waals surface area contributed by atoms with E-state index in [4.69, 9.17) is 8.83 Å². The monoisotopic (exact) mass is 882 g/mol. The van der Waals surface area contributed by atoms with Gasteiger partial charge < -0.3 is 8.83 Å². The number of para-hydroxylation sites is 2. The molecule has 0 saturated heterocycles. The third-order valence-electron chi connectivity index (χ3n) is 14.3. The van der Waals surface area contributed by atoms with Crippen molar-refractivity contribution in [3.8, 4) is 55.6 Å². The molecule has 1 aliphatic rings. The molecule has 1 aliphatic carbocycles. The smallest absolute Gasteiger partial charge is 0.135 e. The Morgan fingerprint density at radius 2 is 0.652 bits per heavy atom. The molecule has 0 radical (unpaired) electrons. The Labute approximate surface area is 401 Å². The van der Waals surface area contributed by atoms with Crippen molar-refractivity contribution in [3.63, 3.8) is 0 Å². The first kappa shape index (κ1) is 40.5. The van der Waals surface area contributed by atoms with Crippen molar-refractivity contribution in [3.05, 3.63) is 272 Å². The summed E-state index contributed by atoms with van der Waals surface area (Å²) in [6.07, 6.45) is 8.15. The van der Waals surface area contributed by atoms with E-state index >= 15 is 0 Å². The zero-order chi connectivity index (χ0) is 45.7. The summed E-state index contributed by atoms with van der Waals surface area (Å²) < 4.78 is 12.2. The van der Waals surface area contributed by atoms with E-state index < -0.39 is 0 Å². The molecule has 2 atom stereocenters. The number of benzene rings is 10. The number of hydrogen-bond acceptors (Lipinski definition) is 2. The second-order valence-corrected chi connectivity index (χ2v) is 18.4. The fourth-order valence-corrected chi connectivity index (χ4v) is 10.6. The SMILES string of the molecule is C1=CC(C(c2ccc(-c3ccc(-c4ccccc4)cc3)cc2)c2ccc(-c3ccc(-c4ccc5oc6ccccc6c5c4)cc3)cc2)CC=C1c1ccc(-c2ccc3oc4ccccc4c3c2)cc1. The largest absolute Gasteiger partial charge is 0.456 e. The average molecular weight is 883 g/mol. The summed E-state index contributed by atoms with van der Waals surface area (Å²) in [6.45, 7) is 0. The highest BCUT2D eigenvalue weighted by Gasteiger charge is 2.25. The average Bonchev–Trinajstić information content (AvgIpc) is 4.00. The van der Waals surface area contributed by atoms with Crippen LogP contribution in [0.3, 0.4) is 0 Å². The summed E-state index contributed by atoms with van der Waals surface area (Å²) in [4.78, 5) is 0. The lowest BCUT2D eigenvalue weighted by molar-refractivity contribution is 0.574. The molecule has 0 amide bonds. The van der Waals surface area contributed by atoms with E-state index in [0.717, 1.165) is 50.3 Å². The predicted octanol–water partition coefficient (Wildman–Crippen LogP) is 18.6.